The number of ether oxygens (including phenoxy) is 1. The highest BCUT2D eigenvalue weighted by Gasteiger charge is 2.11. The second-order valence-corrected chi connectivity index (χ2v) is 7.85. The lowest BCUT2D eigenvalue weighted by atomic mass is 10.1. The number of nitrogens with two attached hydrogens (primary N) is 1. The number of benzene rings is 1. The molecule has 0 aliphatic carbocycles. The van der Waals surface area contributed by atoms with Crippen LogP contribution in [0, 0.1) is 0 Å². The van der Waals surface area contributed by atoms with Crippen LogP contribution in [0.2, 0.25) is 0 Å². The number of carbonyl (C=O) groups excluding carboxylic acids is 1. The molecule has 23 heavy (non-hydrogen) atoms. The monoisotopic (exact) mass is 354 g/mol. The van der Waals surface area contributed by atoms with Gasteiger partial charge in [0, 0.05) is 11.3 Å². The summed E-state index contributed by atoms with van der Waals surface area (Å²) in [7, 11) is -2.07. The van der Waals surface area contributed by atoms with Crippen LogP contribution in [0.15, 0.2) is 40.6 Å². The number of carbonyl (C=O) groups is 1. The molecule has 0 aliphatic heterocycles. The summed E-state index contributed by atoms with van der Waals surface area (Å²) in [6, 6.07) is 10.6. The van der Waals surface area contributed by atoms with Crippen LogP contribution in [0.4, 0.5) is 0 Å². The molecule has 2 aromatic rings. The molecule has 0 unspecified atom stereocenters. The maximum Gasteiger partial charge on any atom is 0.247 e. The molecule has 2 rings (SSSR count). The van der Waals surface area contributed by atoms with Gasteiger partial charge in [0.05, 0.1) is 13.7 Å². The van der Waals surface area contributed by atoms with E-state index in [1.54, 1.807) is 13.2 Å². The molecular weight excluding hydrogens is 336 g/mol. The maximum atomic E-state index is 11.8. The molecule has 0 saturated heterocycles. The van der Waals surface area contributed by atoms with Crippen molar-refractivity contribution in [2.75, 3.05) is 7.11 Å². The Bertz CT molecular complexity index is 767. The first-order valence-electron chi connectivity index (χ1n) is 6.89. The van der Waals surface area contributed by atoms with Crippen LogP contribution in [-0.2, 0) is 27.8 Å². The molecule has 124 valence electrons. The summed E-state index contributed by atoms with van der Waals surface area (Å²) in [5.74, 6) is 0.688. The van der Waals surface area contributed by atoms with Gasteiger partial charge in [0.1, 0.15) is 9.96 Å². The molecule has 0 aliphatic rings. The predicted octanol–water partition coefficient (Wildman–Crippen LogP) is 1.65. The Kier molecular flexibility index (Phi) is 5.75. The van der Waals surface area contributed by atoms with Crippen molar-refractivity contribution >= 4 is 27.3 Å². The molecule has 1 heterocycles. The third-order valence-corrected chi connectivity index (χ3v) is 5.70. The third kappa shape index (κ3) is 5.34. The van der Waals surface area contributed by atoms with Crippen molar-refractivity contribution in [2.24, 2.45) is 5.14 Å². The molecule has 0 fully saturated rings. The van der Waals surface area contributed by atoms with Gasteiger partial charge in [-0.1, -0.05) is 12.1 Å². The third-order valence-electron chi connectivity index (χ3n) is 3.18. The molecule has 1 aromatic heterocycles. The second kappa shape index (κ2) is 7.58. The molecule has 0 spiro atoms. The van der Waals surface area contributed by atoms with Gasteiger partial charge < -0.3 is 10.1 Å². The van der Waals surface area contributed by atoms with Gasteiger partial charge in [-0.3, -0.25) is 4.79 Å². The minimum Gasteiger partial charge on any atom is -0.497 e. The summed E-state index contributed by atoms with van der Waals surface area (Å²) in [5, 5.41) is 7.81. The van der Waals surface area contributed by atoms with E-state index in [1.807, 2.05) is 24.3 Å². The normalized spacial score (nSPS) is 11.2. The van der Waals surface area contributed by atoms with Crippen molar-refractivity contribution in [3.8, 4) is 5.75 Å². The van der Waals surface area contributed by atoms with Crippen LogP contribution >= 0.6 is 11.3 Å². The lowest BCUT2D eigenvalue weighted by molar-refractivity contribution is -0.121. The standard InChI is InChI=1S/C15H18N2O4S2/c1-21-12-5-2-11(3-6-12)4-8-14(18)17-10-13-7-9-15(22-13)23(16,19)20/h2-3,5-7,9H,4,8,10H2,1H3,(H,17,18)(H2,16,19,20). The molecule has 1 amide bonds. The number of rotatable bonds is 7. The van der Waals surface area contributed by atoms with Gasteiger partial charge >= 0.3 is 0 Å². The smallest absolute Gasteiger partial charge is 0.247 e. The van der Waals surface area contributed by atoms with Gasteiger partial charge in [-0.15, -0.1) is 11.3 Å². The number of primary sulfonamides is 1. The molecule has 3 N–H and O–H groups in total. The topological polar surface area (TPSA) is 98.5 Å². The highest BCUT2D eigenvalue weighted by molar-refractivity contribution is 7.91. The molecule has 6 nitrogen and oxygen atoms in total. The molecule has 0 saturated carbocycles. The van der Waals surface area contributed by atoms with Gasteiger partial charge in [0.2, 0.25) is 15.9 Å². The first-order valence-corrected chi connectivity index (χ1v) is 9.26. The Hall–Kier alpha value is -1.90. The van der Waals surface area contributed by atoms with E-state index in [-0.39, 0.29) is 10.1 Å². The van der Waals surface area contributed by atoms with Crippen molar-refractivity contribution in [3.05, 3.63) is 46.8 Å². The van der Waals surface area contributed by atoms with Crippen LogP contribution in [0.3, 0.4) is 0 Å². The molecule has 0 atom stereocenters. The SMILES string of the molecule is COc1ccc(CCC(=O)NCc2ccc(S(N)(=O)=O)s2)cc1. The zero-order valence-electron chi connectivity index (χ0n) is 12.6. The predicted molar refractivity (Wildman–Crippen MR) is 88.9 cm³/mol. The van der Waals surface area contributed by atoms with Crippen molar-refractivity contribution in [1.29, 1.82) is 0 Å². The second-order valence-electron chi connectivity index (χ2n) is 4.89. The fourth-order valence-corrected chi connectivity index (χ4v) is 3.65. The zero-order valence-corrected chi connectivity index (χ0v) is 14.2. The number of methoxy groups -OCH3 is 1. The minimum atomic E-state index is -3.68. The summed E-state index contributed by atoms with van der Waals surface area (Å²) in [6.45, 7) is 0.293. The van der Waals surface area contributed by atoms with E-state index < -0.39 is 10.0 Å². The number of amides is 1. The average Bonchev–Trinajstić information content (AvgIpc) is 3.00. The first-order chi connectivity index (χ1) is 10.9. The molecule has 0 bridgehead atoms. The van der Waals surface area contributed by atoms with E-state index in [1.165, 1.54) is 6.07 Å². The Morgan fingerprint density at radius 1 is 1.22 bits per heavy atom. The summed E-state index contributed by atoms with van der Waals surface area (Å²) in [6.07, 6.45) is 0.989. The number of aryl methyl sites for hydroxylation is 1. The van der Waals surface area contributed by atoms with Gasteiger partial charge in [-0.05, 0) is 36.2 Å². The quantitative estimate of drug-likeness (QED) is 0.790. The van der Waals surface area contributed by atoms with Crippen molar-refractivity contribution in [3.63, 3.8) is 0 Å². The Morgan fingerprint density at radius 3 is 2.48 bits per heavy atom. The zero-order chi connectivity index (χ0) is 16.9. The molecule has 1 aromatic carbocycles. The Morgan fingerprint density at radius 2 is 1.91 bits per heavy atom. The fourth-order valence-electron chi connectivity index (χ4n) is 1.93. The van der Waals surface area contributed by atoms with Crippen molar-refractivity contribution in [2.45, 2.75) is 23.6 Å². The van der Waals surface area contributed by atoms with Gasteiger partial charge in [0.25, 0.3) is 0 Å². The van der Waals surface area contributed by atoms with Crippen LogP contribution in [0.25, 0.3) is 0 Å². The van der Waals surface area contributed by atoms with Crippen LogP contribution in [0.5, 0.6) is 5.75 Å². The van der Waals surface area contributed by atoms with E-state index in [0.717, 1.165) is 27.5 Å². The maximum absolute atomic E-state index is 11.8. The molecule has 8 heteroatoms. The number of thiophene rings is 1. The highest BCUT2D eigenvalue weighted by Crippen LogP contribution is 2.20. The lowest BCUT2D eigenvalue weighted by Gasteiger charge is -2.05. The van der Waals surface area contributed by atoms with Crippen molar-refractivity contribution in [1.82, 2.24) is 5.32 Å². The summed E-state index contributed by atoms with van der Waals surface area (Å²) < 4.78 is 27.5. The Labute approximate surface area is 139 Å². The number of sulfonamides is 1. The number of hydrogen-bond acceptors (Lipinski definition) is 5. The van der Waals surface area contributed by atoms with Crippen molar-refractivity contribution < 1.29 is 17.9 Å². The first kappa shape index (κ1) is 17.5. The van der Waals surface area contributed by atoms with Crippen LogP contribution in [0.1, 0.15) is 16.9 Å². The highest BCUT2D eigenvalue weighted by atomic mass is 32.2. The number of hydrogen-bond donors (Lipinski definition) is 2. The van der Waals surface area contributed by atoms with E-state index >= 15 is 0 Å². The van der Waals surface area contributed by atoms with Crippen LogP contribution in [-0.4, -0.2) is 21.4 Å². The minimum absolute atomic E-state index is 0.0913. The summed E-state index contributed by atoms with van der Waals surface area (Å²) in [4.78, 5) is 12.6. The van der Waals surface area contributed by atoms with E-state index in [2.05, 4.69) is 5.32 Å². The lowest BCUT2D eigenvalue weighted by Crippen LogP contribution is -2.22. The Balaban J connectivity index is 1.79. The van der Waals surface area contributed by atoms with Gasteiger partial charge in [-0.2, -0.15) is 0 Å². The average molecular weight is 354 g/mol. The molecular formula is C15H18N2O4S2. The summed E-state index contributed by atoms with van der Waals surface area (Å²) in [5.41, 5.74) is 1.05. The van der Waals surface area contributed by atoms with Gasteiger partial charge in [-0.25, -0.2) is 13.6 Å². The molecule has 0 radical (unpaired) electrons. The summed E-state index contributed by atoms with van der Waals surface area (Å²) >= 11 is 1.06. The van der Waals surface area contributed by atoms with Crippen LogP contribution < -0.4 is 15.2 Å². The number of nitrogens with one attached hydrogen (secondary N) is 1. The van der Waals surface area contributed by atoms with E-state index in [4.69, 9.17) is 9.88 Å². The van der Waals surface area contributed by atoms with E-state index in [9.17, 15) is 13.2 Å². The largest absolute Gasteiger partial charge is 0.497 e. The van der Waals surface area contributed by atoms with E-state index in [0.29, 0.717) is 19.4 Å². The van der Waals surface area contributed by atoms with Gasteiger partial charge in [0.15, 0.2) is 0 Å². The fraction of sp³-hybridized carbons (Fsp3) is 0.267.